The summed E-state index contributed by atoms with van der Waals surface area (Å²) in [5.74, 6) is 0.647. The number of carbonyl (C=O) groups excluding carboxylic acids is 2. The van der Waals surface area contributed by atoms with Gasteiger partial charge in [0.25, 0.3) is 0 Å². The summed E-state index contributed by atoms with van der Waals surface area (Å²) in [6, 6.07) is 8.46. The molecular weight excluding hydrogens is 586 g/mol. The Hall–Kier alpha value is -1.81. The highest BCUT2D eigenvalue weighted by atomic mass is 32.2. The van der Waals surface area contributed by atoms with Gasteiger partial charge in [-0.1, -0.05) is 103 Å². The molecule has 6 atom stereocenters. The van der Waals surface area contributed by atoms with Crippen LogP contribution in [0.4, 0.5) is 0 Å². The van der Waals surface area contributed by atoms with Crippen molar-refractivity contribution in [3.8, 4) is 0 Å². The summed E-state index contributed by atoms with van der Waals surface area (Å²) in [7, 11) is -1.19. The average Bonchev–Trinajstić information content (AvgIpc) is 3.85. The number of hydrogen-bond acceptors (Lipinski definition) is 6. The van der Waals surface area contributed by atoms with Crippen LogP contribution in [0.1, 0.15) is 97.5 Å². The molecule has 0 heterocycles. The molecule has 2 amide bonds. The van der Waals surface area contributed by atoms with Gasteiger partial charge < -0.3 is 25.7 Å². The van der Waals surface area contributed by atoms with Crippen molar-refractivity contribution in [2.24, 2.45) is 23.7 Å². The average molecular weight is 648 g/mol. The molecule has 1 unspecified atom stereocenters. The molecule has 3 rings (SSSR count). The monoisotopic (exact) mass is 647 g/mol. The molecule has 0 saturated heterocycles. The molecule has 2 fully saturated rings. The number of hydrogen-bond donors (Lipinski definition) is 4. The van der Waals surface area contributed by atoms with Crippen molar-refractivity contribution in [2.45, 2.75) is 123 Å². The maximum absolute atomic E-state index is 13.9. The SMILES string of the molecule is CCN(CC)CCS(=O)C[C@@H](Cc1ccccc1)C(=O)N[C@@H](CC1CC1)C(=O)N[C@@H](CC1CCCCC1)[C@@H](O)[C@@H](O)CC(C)C. The van der Waals surface area contributed by atoms with Gasteiger partial charge in [-0.3, -0.25) is 13.8 Å². The number of aliphatic hydroxyl groups excluding tert-OH is 2. The largest absolute Gasteiger partial charge is 0.390 e. The maximum atomic E-state index is 13.9. The Bertz CT molecular complexity index is 1030. The third-order valence-electron chi connectivity index (χ3n) is 9.67. The lowest BCUT2D eigenvalue weighted by Gasteiger charge is -2.34. The van der Waals surface area contributed by atoms with Gasteiger partial charge in [0.15, 0.2) is 0 Å². The summed E-state index contributed by atoms with van der Waals surface area (Å²) in [5, 5.41) is 28.3. The van der Waals surface area contributed by atoms with E-state index < -0.39 is 41.0 Å². The summed E-state index contributed by atoms with van der Waals surface area (Å²) < 4.78 is 13.2. The van der Waals surface area contributed by atoms with E-state index in [9.17, 15) is 24.0 Å². The Morgan fingerprint density at radius 3 is 2.16 bits per heavy atom. The van der Waals surface area contributed by atoms with Crippen LogP contribution < -0.4 is 10.6 Å². The smallest absolute Gasteiger partial charge is 0.242 e. The van der Waals surface area contributed by atoms with Crippen LogP contribution in [0.5, 0.6) is 0 Å². The van der Waals surface area contributed by atoms with Crippen molar-refractivity contribution >= 4 is 22.6 Å². The minimum absolute atomic E-state index is 0.210. The lowest BCUT2D eigenvalue weighted by atomic mass is 9.82. The van der Waals surface area contributed by atoms with E-state index >= 15 is 0 Å². The van der Waals surface area contributed by atoms with Crippen LogP contribution in [0.15, 0.2) is 30.3 Å². The zero-order valence-corrected chi connectivity index (χ0v) is 29.1. The van der Waals surface area contributed by atoms with E-state index in [0.717, 1.165) is 63.7 Å². The van der Waals surface area contributed by atoms with E-state index in [1.54, 1.807) is 0 Å². The third-order valence-corrected chi connectivity index (χ3v) is 11.1. The van der Waals surface area contributed by atoms with Crippen molar-refractivity contribution in [3.05, 3.63) is 35.9 Å². The molecule has 45 heavy (non-hydrogen) atoms. The first-order chi connectivity index (χ1) is 21.6. The third kappa shape index (κ3) is 13.8. The Balaban J connectivity index is 1.74. The minimum Gasteiger partial charge on any atom is -0.390 e. The Morgan fingerprint density at radius 1 is 0.911 bits per heavy atom. The second-order valence-electron chi connectivity index (χ2n) is 14.0. The molecule has 0 aromatic heterocycles. The fourth-order valence-corrected chi connectivity index (χ4v) is 8.00. The minimum atomic E-state index is -1.19. The van der Waals surface area contributed by atoms with E-state index in [1.165, 1.54) is 6.42 Å². The number of nitrogens with zero attached hydrogens (tertiary/aromatic N) is 1. The molecule has 2 aliphatic rings. The van der Waals surface area contributed by atoms with Crippen LogP contribution >= 0.6 is 0 Å². The molecule has 1 aromatic rings. The highest BCUT2D eigenvalue weighted by molar-refractivity contribution is 7.85. The molecule has 2 saturated carbocycles. The van der Waals surface area contributed by atoms with Crippen molar-refractivity contribution in [1.82, 2.24) is 15.5 Å². The van der Waals surface area contributed by atoms with E-state index in [2.05, 4.69) is 29.4 Å². The number of aliphatic hydroxyl groups is 2. The lowest BCUT2D eigenvalue weighted by molar-refractivity contribution is -0.132. The van der Waals surface area contributed by atoms with E-state index in [-0.39, 0.29) is 23.5 Å². The molecule has 8 nitrogen and oxygen atoms in total. The predicted molar refractivity (Wildman–Crippen MR) is 183 cm³/mol. The molecule has 0 spiro atoms. The van der Waals surface area contributed by atoms with E-state index in [1.807, 2.05) is 44.2 Å². The lowest BCUT2D eigenvalue weighted by Crippen LogP contribution is -2.56. The number of amides is 2. The molecule has 1 aromatic carbocycles. The zero-order valence-electron chi connectivity index (χ0n) is 28.3. The Labute approximate surface area is 275 Å². The van der Waals surface area contributed by atoms with Crippen LogP contribution in [-0.2, 0) is 26.8 Å². The highest BCUT2D eigenvalue weighted by Gasteiger charge is 2.36. The Morgan fingerprint density at radius 2 is 1.56 bits per heavy atom. The van der Waals surface area contributed by atoms with Gasteiger partial charge in [-0.25, -0.2) is 0 Å². The second kappa shape index (κ2) is 19.8. The van der Waals surface area contributed by atoms with Gasteiger partial charge in [0, 0.05) is 28.9 Å². The molecule has 0 aliphatic heterocycles. The zero-order chi connectivity index (χ0) is 32.8. The topological polar surface area (TPSA) is 119 Å². The fourth-order valence-electron chi connectivity index (χ4n) is 6.65. The summed E-state index contributed by atoms with van der Waals surface area (Å²) in [6.07, 6.45) is 7.76. The summed E-state index contributed by atoms with van der Waals surface area (Å²) in [4.78, 5) is 30.0. The maximum Gasteiger partial charge on any atom is 0.242 e. The molecule has 256 valence electrons. The van der Waals surface area contributed by atoms with Gasteiger partial charge in [-0.15, -0.1) is 0 Å². The van der Waals surface area contributed by atoms with Crippen LogP contribution in [0.2, 0.25) is 0 Å². The number of nitrogens with one attached hydrogen (secondary N) is 2. The first-order valence-corrected chi connectivity index (χ1v) is 19.2. The second-order valence-corrected chi connectivity index (χ2v) is 15.6. The Kier molecular flexibility index (Phi) is 16.5. The van der Waals surface area contributed by atoms with E-state index in [4.69, 9.17) is 0 Å². The van der Waals surface area contributed by atoms with Gasteiger partial charge in [-0.2, -0.15) is 0 Å². The molecular formula is C36H61N3O5S. The van der Waals surface area contributed by atoms with Gasteiger partial charge in [0.05, 0.1) is 18.1 Å². The summed E-state index contributed by atoms with van der Waals surface area (Å²) in [5.41, 5.74) is 0.997. The first kappa shape index (κ1) is 37.6. The predicted octanol–water partition coefficient (Wildman–Crippen LogP) is 4.44. The van der Waals surface area contributed by atoms with Crippen LogP contribution in [-0.4, -0.2) is 86.6 Å². The molecule has 0 radical (unpaired) electrons. The van der Waals surface area contributed by atoms with Crippen molar-refractivity contribution < 1.29 is 24.0 Å². The van der Waals surface area contributed by atoms with Crippen molar-refractivity contribution in [3.63, 3.8) is 0 Å². The number of benzene rings is 1. The first-order valence-electron chi connectivity index (χ1n) is 17.7. The summed E-state index contributed by atoms with van der Waals surface area (Å²) in [6.45, 7) is 10.7. The normalized spacial score (nSPS) is 19.9. The number of rotatable bonds is 21. The van der Waals surface area contributed by atoms with Gasteiger partial charge in [-0.05, 0) is 62.1 Å². The van der Waals surface area contributed by atoms with Crippen LogP contribution in [0, 0.1) is 23.7 Å². The van der Waals surface area contributed by atoms with Crippen LogP contribution in [0.25, 0.3) is 0 Å². The van der Waals surface area contributed by atoms with Gasteiger partial charge >= 0.3 is 0 Å². The van der Waals surface area contributed by atoms with Gasteiger partial charge in [0.1, 0.15) is 12.1 Å². The molecule has 2 aliphatic carbocycles. The molecule has 4 N–H and O–H groups in total. The quantitative estimate of drug-likeness (QED) is 0.157. The molecule has 9 heteroatoms. The summed E-state index contributed by atoms with van der Waals surface area (Å²) >= 11 is 0. The standard InChI is InChI=1S/C36H61N3O5S/c1-5-39(6-2)19-20-45(44)25-30(22-27-13-9-7-10-14-27)35(42)38-32(24-29-17-18-29)36(43)37-31(23-28-15-11-8-12-16-28)34(41)33(40)21-26(3)4/h7,9-10,13-14,26,28-34,40-41H,5-6,8,11-12,15-25H2,1-4H3,(H,37,43)(H,38,42)/t30-,31+,32+,33+,34-,45?/m1/s1. The number of carbonyl (C=O) groups is 2. The molecule has 0 bridgehead atoms. The van der Waals surface area contributed by atoms with Crippen molar-refractivity contribution in [2.75, 3.05) is 31.1 Å². The highest BCUT2D eigenvalue weighted by Crippen LogP contribution is 2.34. The van der Waals surface area contributed by atoms with Gasteiger partial charge in [0.2, 0.25) is 11.8 Å². The van der Waals surface area contributed by atoms with Crippen molar-refractivity contribution in [1.29, 1.82) is 0 Å². The van der Waals surface area contributed by atoms with Crippen LogP contribution in [0.3, 0.4) is 0 Å². The van der Waals surface area contributed by atoms with E-state index in [0.29, 0.717) is 43.3 Å². The fraction of sp³-hybridized carbons (Fsp3) is 0.778.